The normalized spacial score (nSPS) is 10.9. The minimum atomic E-state index is -0.574. The second-order valence-corrected chi connectivity index (χ2v) is 5.75. The van der Waals surface area contributed by atoms with Gasteiger partial charge in [-0.1, -0.05) is 23.7 Å². The van der Waals surface area contributed by atoms with E-state index in [2.05, 4.69) is 10.5 Å². The van der Waals surface area contributed by atoms with Crippen LogP contribution in [0.1, 0.15) is 16.1 Å². The molecule has 0 aliphatic rings. The van der Waals surface area contributed by atoms with Crippen LogP contribution >= 0.6 is 11.6 Å². The standard InChI is InChI=1S/C18H12ClN3O5/c19-15-9-11(22(25)26)5-7-13(15)17-8-6-12(27-17)10-20-21-18(24)14-3-1-2-4-16(14)23/h1-10,23H,(H,21,24). The summed E-state index contributed by atoms with van der Waals surface area (Å²) in [6, 6.07) is 13.3. The fraction of sp³-hybridized carbons (Fsp3) is 0. The predicted octanol–water partition coefficient (Wildman–Crippen LogP) is 3.98. The number of hydrogen-bond acceptors (Lipinski definition) is 6. The molecule has 0 radical (unpaired) electrons. The summed E-state index contributed by atoms with van der Waals surface area (Å²) in [5.74, 6) is -0.00628. The van der Waals surface area contributed by atoms with Gasteiger partial charge in [0.1, 0.15) is 17.3 Å². The van der Waals surface area contributed by atoms with Gasteiger partial charge in [0.25, 0.3) is 11.6 Å². The van der Waals surface area contributed by atoms with E-state index < -0.39 is 10.8 Å². The highest BCUT2D eigenvalue weighted by atomic mass is 35.5. The fourth-order valence-corrected chi connectivity index (χ4v) is 2.53. The van der Waals surface area contributed by atoms with Crippen LogP contribution in [-0.4, -0.2) is 22.2 Å². The zero-order chi connectivity index (χ0) is 19.4. The number of carbonyl (C=O) groups excluding carboxylic acids is 1. The van der Waals surface area contributed by atoms with Crippen LogP contribution in [0.2, 0.25) is 5.02 Å². The van der Waals surface area contributed by atoms with E-state index in [0.717, 1.165) is 0 Å². The molecule has 2 N–H and O–H groups in total. The Morgan fingerprint density at radius 3 is 2.70 bits per heavy atom. The maximum absolute atomic E-state index is 11.9. The molecule has 8 nitrogen and oxygen atoms in total. The van der Waals surface area contributed by atoms with Crippen molar-refractivity contribution in [2.75, 3.05) is 0 Å². The first-order valence-corrected chi connectivity index (χ1v) is 7.99. The number of rotatable bonds is 5. The summed E-state index contributed by atoms with van der Waals surface area (Å²) in [4.78, 5) is 22.1. The van der Waals surface area contributed by atoms with Crippen molar-refractivity contribution in [2.24, 2.45) is 5.10 Å². The topological polar surface area (TPSA) is 118 Å². The van der Waals surface area contributed by atoms with Crippen molar-refractivity contribution >= 4 is 29.4 Å². The molecule has 1 heterocycles. The number of furan rings is 1. The Balaban J connectivity index is 1.71. The van der Waals surface area contributed by atoms with Gasteiger partial charge in [-0.15, -0.1) is 0 Å². The van der Waals surface area contributed by atoms with Gasteiger partial charge < -0.3 is 9.52 Å². The van der Waals surface area contributed by atoms with Gasteiger partial charge in [0, 0.05) is 17.7 Å². The molecule has 1 amide bonds. The third kappa shape index (κ3) is 4.13. The van der Waals surface area contributed by atoms with Crippen molar-refractivity contribution in [3.05, 3.63) is 81.1 Å². The van der Waals surface area contributed by atoms with Crippen molar-refractivity contribution in [1.82, 2.24) is 5.43 Å². The molecule has 2 aromatic carbocycles. The first-order valence-electron chi connectivity index (χ1n) is 7.61. The predicted molar refractivity (Wildman–Crippen MR) is 99.0 cm³/mol. The van der Waals surface area contributed by atoms with E-state index in [0.29, 0.717) is 17.1 Å². The summed E-state index contributed by atoms with van der Waals surface area (Å²) >= 11 is 6.07. The van der Waals surface area contributed by atoms with Gasteiger partial charge in [0.15, 0.2) is 0 Å². The minimum Gasteiger partial charge on any atom is -0.507 e. The third-order valence-corrected chi connectivity index (χ3v) is 3.87. The first kappa shape index (κ1) is 18.2. The van der Waals surface area contributed by atoms with Crippen LogP contribution in [0.25, 0.3) is 11.3 Å². The summed E-state index contributed by atoms with van der Waals surface area (Å²) < 4.78 is 5.56. The molecule has 3 aromatic rings. The Labute approximate surface area is 157 Å². The van der Waals surface area contributed by atoms with Crippen LogP contribution in [-0.2, 0) is 0 Å². The minimum absolute atomic E-state index is 0.0902. The highest BCUT2D eigenvalue weighted by Crippen LogP contribution is 2.32. The van der Waals surface area contributed by atoms with Crippen molar-refractivity contribution in [2.45, 2.75) is 0 Å². The van der Waals surface area contributed by atoms with Crippen LogP contribution in [0.3, 0.4) is 0 Å². The van der Waals surface area contributed by atoms with E-state index >= 15 is 0 Å². The number of nitro benzene ring substituents is 1. The smallest absolute Gasteiger partial charge is 0.275 e. The Morgan fingerprint density at radius 2 is 2.00 bits per heavy atom. The number of carbonyl (C=O) groups is 1. The van der Waals surface area contributed by atoms with Crippen molar-refractivity contribution < 1.29 is 19.2 Å². The Morgan fingerprint density at radius 1 is 1.22 bits per heavy atom. The second-order valence-electron chi connectivity index (χ2n) is 5.34. The van der Waals surface area contributed by atoms with Crippen molar-refractivity contribution in [1.29, 1.82) is 0 Å². The lowest BCUT2D eigenvalue weighted by molar-refractivity contribution is -0.384. The Hall–Kier alpha value is -3.65. The van der Waals surface area contributed by atoms with Gasteiger partial charge in [-0.05, 0) is 30.3 Å². The lowest BCUT2D eigenvalue weighted by Gasteiger charge is -2.01. The molecule has 9 heteroatoms. The maximum Gasteiger partial charge on any atom is 0.275 e. The lowest BCUT2D eigenvalue weighted by Crippen LogP contribution is -2.17. The van der Waals surface area contributed by atoms with E-state index in [-0.39, 0.29) is 22.0 Å². The van der Waals surface area contributed by atoms with Gasteiger partial charge in [0.2, 0.25) is 0 Å². The average Bonchev–Trinajstić information content (AvgIpc) is 3.10. The lowest BCUT2D eigenvalue weighted by atomic mass is 10.1. The quantitative estimate of drug-likeness (QED) is 0.391. The van der Waals surface area contributed by atoms with E-state index in [1.807, 2.05) is 0 Å². The highest BCUT2D eigenvalue weighted by Gasteiger charge is 2.13. The summed E-state index contributed by atoms with van der Waals surface area (Å²) in [5, 5.41) is 24.3. The van der Waals surface area contributed by atoms with E-state index in [1.54, 1.807) is 24.3 Å². The molecule has 0 spiro atoms. The number of non-ortho nitro benzene ring substituents is 1. The van der Waals surface area contributed by atoms with Crippen molar-refractivity contribution in [3.8, 4) is 17.1 Å². The zero-order valence-corrected chi connectivity index (χ0v) is 14.4. The number of nitro groups is 1. The molecule has 0 saturated heterocycles. The van der Waals surface area contributed by atoms with E-state index in [4.69, 9.17) is 16.0 Å². The Kier molecular flexibility index (Phi) is 5.18. The molecule has 0 aliphatic heterocycles. The number of hydrogen-bond donors (Lipinski definition) is 2. The SMILES string of the molecule is O=C(NN=Cc1ccc(-c2ccc([N+](=O)[O-])cc2Cl)o1)c1ccccc1O. The molecule has 27 heavy (non-hydrogen) atoms. The molecule has 0 atom stereocenters. The second kappa shape index (κ2) is 7.71. The molecular formula is C18H12ClN3O5. The van der Waals surface area contributed by atoms with E-state index in [1.165, 1.54) is 36.5 Å². The molecular weight excluding hydrogens is 374 g/mol. The van der Waals surface area contributed by atoms with Crippen LogP contribution in [0, 0.1) is 10.1 Å². The number of phenols is 1. The Bertz CT molecular complexity index is 1040. The summed E-state index contributed by atoms with van der Waals surface area (Å²) in [6.07, 6.45) is 1.28. The fourth-order valence-electron chi connectivity index (χ4n) is 2.26. The van der Waals surface area contributed by atoms with Gasteiger partial charge in [0.05, 0.1) is 21.7 Å². The van der Waals surface area contributed by atoms with Crippen molar-refractivity contribution in [3.63, 3.8) is 0 Å². The summed E-state index contributed by atoms with van der Waals surface area (Å²) in [5.41, 5.74) is 2.73. The number of halogens is 1. The van der Waals surface area contributed by atoms with Crippen LogP contribution < -0.4 is 5.43 Å². The number of nitrogens with zero attached hydrogens (tertiary/aromatic N) is 2. The third-order valence-electron chi connectivity index (χ3n) is 3.56. The van der Waals surface area contributed by atoms with Crippen LogP contribution in [0.15, 0.2) is 64.1 Å². The largest absolute Gasteiger partial charge is 0.507 e. The number of benzene rings is 2. The van der Waals surface area contributed by atoms with E-state index in [9.17, 15) is 20.0 Å². The monoisotopic (exact) mass is 385 g/mol. The molecule has 1 aromatic heterocycles. The number of hydrazone groups is 1. The number of nitrogens with one attached hydrogen (secondary N) is 1. The first-order chi connectivity index (χ1) is 13.0. The van der Waals surface area contributed by atoms with Crippen LogP contribution in [0.5, 0.6) is 5.75 Å². The van der Waals surface area contributed by atoms with Gasteiger partial charge in [-0.25, -0.2) is 5.43 Å². The highest BCUT2D eigenvalue weighted by molar-refractivity contribution is 6.33. The average molecular weight is 386 g/mol. The molecule has 0 bridgehead atoms. The molecule has 0 fully saturated rings. The number of aromatic hydroxyl groups is 1. The van der Waals surface area contributed by atoms with Crippen LogP contribution in [0.4, 0.5) is 5.69 Å². The van der Waals surface area contributed by atoms with Gasteiger partial charge in [-0.2, -0.15) is 5.10 Å². The zero-order valence-electron chi connectivity index (χ0n) is 13.6. The van der Waals surface area contributed by atoms with Gasteiger partial charge in [-0.3, -0.25) is 14.9 Å². The molecule has 0 aliphatic carbocycles. The summed E-state index contributed by atoms with van der Waals surface area (Å²) in [7, 11) is 0. The molecule has 0 unspecified atom stereocenters. The molecule has 3 rings (SSSR count). The maximum atomic E-state index is 11.9. The number of amides is 1. The number of phenolic OH excluding ortho intramolecular Hbond substituents is 1. The van der Waals surface area contributed by atoms with Gasteiger partial charge >= 0.3 is 0 Å². The number of para-hydroxylation sites is 1. The molecule has 136 valence electrons. The summed E-state index contributed by atoms with van der Waals surface area (Å²) in [6.45, 7) is 0. The molecule has 0 saturated carbocycles.